The van der Waals surface area contributed by atoms with E-state index in [1.54, 1.807) is 41.0 Å². The molecule has 1 aromatic heterocycles. The molecule has 1 unspecified atom stereocenters. The summed E-state index contributed by atoms with van der Waals surface area (Å²) in [5, 5.41) is 0.855. The maximum Gasteiger partial charge on any atom is 0.251 e. The zero-order valence-corrected chi connectivity index (χ0v) is 13.2. The van der Waals surface area contributed by atoms with Crippen molar-refractivity contribution >= 4 is 21.6 Å². The second-order valence-corrected chi connectivity index (χ2v) is 8.21. The number of nitrogens with zero attached hydrogens (tertiary/aromatic N) is 1. The lowest BCUT2D eigenvalue weighted by Gasteiger charge is -2.14. The molecule has 0 N–H and O–H groups in total. The Labute approximate surface area is 127 Å². The molecule has 1 aliphatic rings. The molecule has 0 saturated heterocycles. The van der Waals surface area contributed by atoms with Crippen molar-refractivity contribution in [3.63, 3.8) is 0 Å². The van der Waals surface area contributed by atoms with E-state index in [1.807, 2.05) is 13.0 Å². The number of thioether (sulfide) groups is 1. The maximum absolute atomic E-state index is 12.5. The first-order valence-electron chi connectivity index (χ1n) is 6.61. The number of hydrogen-bond acceptors (Lipinski definition) is 4. The second-order valence-electron chi connectivity index (χ2n) is 5.14. The highest BCUT2D eigenvalue weighted by atomic mass is 32.2. The molecule has 4 nitrogen and oxygen atoms in total. The van der Waals surface area contributed by atoms with Gasteiger partial charge in [-0.05, 0) is 30.7 Å². The molecule has 1 aliphatic heterocycles. The van der Waals surface area contributed by atoms with Crippen LogP contribution in [-0.4, -0.2) is 24.5 Å². The summed E-state index contributed by atoms with van der Waals surface area (Å²) in [5.74, 6) is 0.574. The highest BCUT2D eigenvalue weighted by molar-refractivity contribution is 7.99. The number of pyridine rings is 1. The lowest BCUT2D eigenvalue weighted by atomic mass is 10.3. The summed E-state index contributed by atoms with van der Waals surface area (Å²) in [6, 6.07) is 11.6. The van der Waals surface area contributed by atoms with E-state index in [0.717, 1.165) is 10.6 Å². The average molecular weight is 321 g/mol. The van der Waals surface area contributed by atoms with Gasteiger partial charge in [-0.3, -0.25) is 9.36 Å². The highest BCUT2D eigenvalue weighted by Gasteiger charge is 2.29. The summed E-state index contributed by atoms with van der Waals surface area (Å²) in [6.07, 6.45) is 0. The number of aryl methyl sites for hydroxylation is 1. The lowest BCUT2D eigenvalue weighted by Crippen LogP contribution is -2.28. The first kappa shape index (κ1) is 14.4. The molecule has 0 radical (unpaired) electrons. The van der Waals surface area contributed by atoms with Crippen LogP contribution < -0.4 is 5.56 Å². The van der Waals surface area contributed by atoms with E-state index in [0.29, 0.717) is 10.6 Å². The van der Waals surface area contributed by atoms with Crippen LogP contribution in [0.4, 0.5) is 0 Å². The van der Waals surface area contributed by atoms with Gasteiger partial charge in [0, 0.05) is 11.8 Å². The van der Waals surface area contributed by atoms with Gasteiger partial charge in [-0.15, -0.1) is 11.8 Å². The predicted octanol–water partition coefficient (Wildman–Crippen LogP) is 2.28. The van der Waals surface area contributed by atoms with Crippen LogP contribution in [-0.2, 0) is 9.84 Å². The Hall–Kier alpha value is -1.53. The van der Waals surface area contributed by atoms with Crippen LogP contribution in [0.25, 0.3) is 0 Å². The van der Waals surface area contributed by atoms with Crippen molar-refractivity contribution < 1.29 is 8.42 Å². The van der Waals surface area contributed by atoms with Crippen LogP contribution in [0.2, 0.25) is 0 Å². The number of hydrogen-bond donors (Lipinski definition) is 0. The summed E-state index contributed by atoms with van der Waals surface area (Å²) < 4.78 is 26.5. The smallest absolute Gasteiger partial charge is 0.251 e. The molecule has 0 amide bonds. The summed E-state index contributed by atoms with van der Waals surface area (Å²) in [6.45, 7) is 1.87. The van der Waals surface area contributed by atoms with Crippen molar-refractivity contribution in [3.05, 3.63) is 58.4 Å². The summed E-state index contributed by atoms with van der Waals surface area (Å²) in [7, 11) is -3.39. The number of fused-ring (bicyclic) bond motifs is 1. The van der Waals surface area contributed by atoms with E-state index in [9.17, 15) is 13.2 Å². The van der Waals surface area contributed by atoms with E-state index >= 15 is 0 Å². The molecule has 0 saturated carbocycles. The Morgan fingerprint density at radius 3 is 2.67 bits per heavy atom. The minimum Gasteiger partial charge on any atom is -0.298 e. The molecule has 6 heteroatoms. The van der Waals surface area contributed by atoms with Crippen LogP contribution in [0.5, 0.6) is 0 Å². The number of rotatable bonds is 3. The third kappa shape index (κ3) is 2.78. The molecule has 110 valence electrons. The highest BCUT2D eigenvalue weighted by Crippen LogP contribution is 2.33. The van der Waals surface area contributed by atoms with Crippen molar-refractivity contribution in [2.45, 2.75) is 22.9 Å². The zero-order valence-electron chi connectivity index (χ0n) is 11.5. The van der Waals surface area contributed by atoms with Gasteiger partial charge in [-0.2, -0.15) is 0 Å². The van der Waals surface area contributed by atoms with Gasteiger partial charge in [0.25, 0.3) is 5.56 Å². The Bertz CT molecular complexity index is 826. The van der Waals surface area contributed by atoms with Gasteiger partial charge in [-0.25, -0.2) is 8.42 Å². The fraction of sp³-hybridized carbons (Fsp3) is 0.267. The SMILES string of the molecule is Cc1cc2n(c(=O)c1)C(CS(=O)(=O)c1ccccc1)CS2. The molecule has 21 heavy (non-hydrogen) atoms. The average Bonchev–Trinajstić information content (AvgIpc) is 2.82. The molecule has 0 bridgehead atoms. The summed E-state index contributed by atoms with van der Waals surface area (Å²) >= 11 is 1.54. The number of benzene rings is 1. The van der Waals surface area contributed by atoms with Gasteiger partial charge in [0.1, 0.15) is 0 Å². The normalized spacial score (nSPS) is 17.7. The van der Waals surface area contributed by atoms with E-state index in [1.165, 1.54) is 11.8 Å². The standard InChI is InChI=1S/C15H15NO3S2/c1-11-7-14(17)16-12(9-20-15(16)8-11)10-21(18,19)13-5-3-2-4-6-13/h2-8,12H,9-10H2,1H3. The van der Waals surface area contributed by atoms with Crippen molar-refractivity contribution in [1.82, 2.24) is 4.57 Å². The maximum atomic E-state index is 12.5. The van der Waals surface area contributed by atoms with Crippen molar-refractivity contribution in [3.8, 4) is 0 Å². The third-order valence-corrected chi connectivity index (χ3v) is 6.46. The van der Waals surface area contributed by atoms with Crippen molar-refractivity contribution in [1.29, 1.82) is 0 Å². The minimum atomic E-state index is -3.39. The van der Waals surface area contributed by atoms with Gasteiger partial charge in [0.15, 0.2) is 9.84 Å². The quantitative estimate of drug-likeness (QED) is 0.870. The Balaban J connectivity index is 1.95. The lowest BCUT2D eigenvalue weighted by molar-refractivity contribution is 0.539. The molecule has 0 aliphatic carbocycles. The zero-order chi connectivity index (χ0) is 15.0. The summed E-state index contributed by atoms with van der Waals surface area (Å²) in [5.41, 5.74) is 0.786. The Kier molecular flexibility index (Phi) is 3.67. The number of aromatic nitrogens is 1. The molecular formula is C15H15NO3S2. The first-order chi connectivity index (χ1) is 9.97. The fourth-order valence-corrected chi connectivity index (χ4v) is 5.47. The largest absolute Gasteiger partial charge is 0.298 e. The molecule has 1 aromatic carbocycles. The van der Waals surface area contributed by atoms with Crippen molar-refractivity contribution in [2.75, 3.05) is 11.5 Å². The molecule has 2 heterocycles. The second kappa shape index (κ2) is 5.35. The van der Waals surface area contributed by atoms with Crippen LogP contribution in [0.1, 0.15) is 11.6 Å². The minimum absolute atomic E-state index is 0.0417. The Morgan fingerprint density at radius 2 is 1.95 bits per heavy atom. The fourth-order valence-electron chi connectivity index (χ4n) is 2.51. The first-order valence-corrected chi connectivity index (χ1v) is 9.25. The van der Waals surface area contributed by atoms with Gasteiger partial charge < -0.3 is 0 Å². The Morgan fingerprint density at radius 1 is 1.24 bits per heavy atom. The summed E-state index contributed by atoms with van der Waals surface area (Å²) in [4.78, 5) is 12.4. The van der Waals surface area contributed by atoms with Gasteiger partial charge in [0.2, 0.25) is 0 Å². The van der Waals surface area contributed by atoms with Gasteiger partial charge >= 0.3 is 0 Å². The van der Waals surface area contributed by atoms with Crippen LogP contribution in [0.3, 0.4) is 0 Å². The molecule has 1 atom stereocenters. The van der Waals surface area contributed by atoms with Crippen molar-refractivity contribution in [2.24, 2.45) is 0 Å². The molecule has 0 fully saturated rings. The van der Waals surface area contributed by atoms with Crippen LogP contribution >= 0.6 is 11.8 Å². The molecule has 0 spiro atoms. The molecular weight excluding hydrogens is 306 g/mol. The van der Waals surface area contributed by atoms with E-state index in [-0.39, 0.29) is 17.4 Å². The molecule has 3 rings (SSSR count). The van der Waals surface area contributed by atoms with E-state index in [2.05, 4.69) is 0 Å². The van der Waals surface area contributed by atoms with Crippen LogP contribution in [0.15, 0.2) is 57.2 Å². The van der Waals surface area contributed by atoms with Gasteiger partial charge in [-0.1, -0.05) is 18.2 Å². The third-order valence-electron chi connectivity index (χ3n) is 3.48. The van der Waals surface area contributed by atoms with Gasteiger partial charge in [0.05, 0.1) is 21.7 Å². The predicted molar refractivity (Wildman–Crippen MR) is 83.7 cm³/mol. The van der Waals surface area contributed by atoms with E-state index < -0.39 is 9.84 Å². The van der Waals surface area contributed by atoms with E-state index in [4.69, 9.17) is 0 Å². The monoisotopic (exact) mass is 321 g/mol. The topological polar surface area (TPSA) is 56.1 Å². The van der Waals surface area contributed by atoms with Crippen LogP contribution in [0, 0.1) is 6.92 Å². The number of sulfone groups is 1. The molecule has 2 aromatic rings.